The van der Waals surface area contributed by atoms with Crippen molar-refractivity contribution in [3.05, 3.63) is 35.4 Å². The van der Waals surface area contributed by atoms with Crippen molar-refractivity contribution in [2.75, 3.05) is 7.11 Å². The molecule has 2 amide bonds. The largest absolute Gasteiger partial charge is 0.465 e. The molecule has 1 saturated heterocycles. The molecule has 1 aromatic carbocycles. The molecule has 0 aromatic heterocycles. The van der Waals surface area contributed by atoms with E-state index in [-0.39, 0.29) is 30.3 Å². The molecule has 0 spiro atoms. The SMILES string of the molecule is COC(=O)c1cccc(COC(=O)[C@H](C)N2C(=O)[C@@H]3CCCC[C@H]3C2=O)c1. The third-order valence-electron chi connectivity index (χ3n) is 5.33. The third kappa shape index (κ3) is 3.72. The van der Waals surface area contributed by atoms with Gasteiger partial charge in [-0.1, -0.05) is 25.0 Å². The average Bonchev–Trinajstić information content (AvgIpc) is 2.96. The highest BCUT2D eigenvalue weighted by Crippen LogP contribution is 2.38. The lowest BCUT2D eigenvalue weighted by Crippen LogP contribution is -2.44. The van der Waals surface area contributed by atoms with Crippen LogP contribution >= 0.6 is 0 Å². The first-order chi connectivity index (χ1) is 12.9. The van der Waals surface area contributed by atoms with Gasteiger partial charge in [-0.15, -0.1) is 0 Å². The second kappa shape index (κ2) is 7.90. The Morgan fingerprint density at radius 1 is 1.15 bits per heavy atom. The molecule has 3 rings (SSSR count). The Hall–Kier alpha value is -2.70. The first-order valence-electron chi connectivity index (χ1n) is 9.15. The molecule has 1 aliphatic carbocycles. The van der Waals surface area contributed by atoms with Crippen molar-refractivity contribution in [2.24, 2.45) is 11.8 Å². The summed E-state index contributed by atoms with van der Waals surface area (Å²) in [5, 5.41) is 0. The average molecular weight is 373 g/mol. The Morgan fingerprint density at radius 2 is 1.78 bits per heavy atom. The fraction of sp³-hybridized carbons (Fsp3) is 0.500. The van der Waals surface area contributed by atoms with E-state index in [1.54, 1.807) is 24.3 Å². The van der Waals surface area contributed by atoms with E-state index in [4.69, 9.17) is 4.74 Å². The predicted molar refractivity (Wildman–Crippen MR) is 94.3 cm³/mol. The molecule has 0 unspecified atom stereocenters. The summed E-state index contributed by atoms with van der Waals surface area (Å²) in [6, 6.07) is 5.59. The molecule has 2 fully saturated rings. The number of methoxy groups -OCH3 is 1. The quantitative estimate of drug-likeness (QED) is 0.580. The Morgan fingerprint density at radius 3 is 2.37 bits per heavy atom. The Bertz CT molecular complexity index is 749. The molecule has 1 heterocycles. The van der Waals surface area contributed by atoms with Gasteiger partial charge in [-0.3, -0.25) is 14.5 Å². The fourth-order valence-electron chi connectivity index (χ4n) is 3.86. The van der Waals surface area contributed by atoms with Gasteiger partial charge in [0.05, 0.1) is 24.5 Å². The van der Waals surface area contributed by atoms with Crippen LogP contribution in [0, 0.1) is 11.8 Å². The van der Waals surface area contributed by atoms with Crippen LogP contribution in [-0.4, -0.2) is 41.8 Å². The number of hydrogen-bond acceptors (Lipinski definition) is 6. The van der Waals surface area contributed by atoms with Gasteiger partial charge in [0.25, 0.3) is 0 Å². The first kappa shape index (κ1) is 19.1. The maximum atomic E-state index is 12.6. The molecule has 27 heavy (non-hydrogen) atoms. The maximum Gasteiger partial charge on any atom is 0.337 e. The molecule has 2 aliphatic rings. The highest BCUT2D eigenvalue weighted by Gasteiger charge is 2.51. The number of benzene rings is 1. The zero-order chi connectivity index (χ0) is 19.6. The van der Waals surface area contributed by atoms with Gasteiger partial charge in [-0.05, 0) is 37.5 Å². The standard InChI is InChI=1S/C20H23NO6/c1-12(21-17(22)15-8-3-4-9-16(15)18(21)23)19(24)27-11-13-6-5-7-14(10-13)20(25)26-2/h5-7,10,12,15-16H,3-4,8-9,11H2,1-2H3/t12-,15+,16+/m0/s1. The summed E-state index contributed by atoms with van der Waals surface area (Å²) in [6.07, 6.45) is 3.27. The summed E-state index contributed by atoms with van der Waals surface area (Å²) in [5.41, 5.74) is 0.972. The maximum absolute atomic E-state index is 12.6. The van der Waals surface area contributed by atoms with E-state index >= 15 is 0 Å². The van der Waals surface area contributed by atoms with Crippen molar-refractivity contribution in [1.29, 1.82) is 0 Å². The van der Waals surface area contributed by atoms with Crippen molar-refractivity contribution in [3.8, 4) is 0 Å². The van der Waals surface area contributed by atoms with Gasteiger partial charge in [0.15, 0.2) is 0 Å². The number of likely N-dealkylation sites (tertiary alicyclic amines) is 1. The van der Waals surface area contributed by atoms with E-state index in [2.05, 4.69) is 4.74 Å². The van der Waals surface area contributed by atoms with Crippen LogP contribution in [0.15, 0.2) is 24.3 Å². The monoisotopic (exact) mass is 373 g/mol. The van der Waals surface area contributed by atoms with E-state index in [1.807, 2.05) is 0 Å². The van der Waals surface area contributed by atoms with Crippen molar-refractivity contribution in [3.63, 3.8) is 0 Å². The van der Waals surface area contributed by atoms with Crippen molar-refractivity contribution in [2.45, 2.75) is 45.3 Å². The van der Waals surface area contributed by atoms with Gasteiger partial charge < -0.3 is 9.47 Å². The highest BCUT2D eigenvalue weighted by atomic mass is 16.5. The van der Waals surface area contributed by atoms with E-state index in [1.165, 1.54) is 14.0 Å². The summed E-state index contributed by atoms with van der Waals surface area (Å²) < 4.78 is 9.95. The molecule has 0 bridgehead atoms. The number of ether oxygens (including phenoxy) is 2. The summed E-state index contributed by atoms with van der Waals surface area (Å²) >= 11 is 0. The van der Waals surface area contributed by atoms with E-state index in [9.17, 15) is 19.2 Å². The normalized spacial score (nSPS) is 23.0. The lowest BCUT2D eigenvalue weighted by molar-refractivity contribution is -0.159. The molecule has 0 radical (unpaired) electrons. The molecule has 0 N–H and O–H groups in total. The van der Waals surface area contributed by atoms with Crippen LogP contribution in [0.25, 0.3) is 0 Å². The number of rotatable bonds is 5. The van der Waals surface area contributed by atoms with Gasteiger partial charge in [0.2, 0.25) is 11.8 Å². The molecule has 7 nitrogen and oxygen atoms in total. The smallest absolute Gasteiger partial charge is 0.337 e. The minimum absolute atomic E-state index is 0.0584. The molecular formula is C20H23NO6. The predicted octanol–water partition coefficient (Wildman–Crippen LogP) is 2.08. The van der Waals surface area contributed by atoms with Gasteiger partial charge in [0, 0.05) is 0 Å². The van der Waals surface area contributed by atoms with Crippen LogP contribution in [-0.2, 0) is 30.5 Å². The number of amides is 2. The molecule has 1 aliphatic heterocycles. The molecule has 1 saturated carbocycles. The molecule has 1 aromatic rings. The van der Waals surface area contributed by atoms with Gasteiger partial charge in [-0.25, -0.2) is 9.59 Å². The number of nitrogens with zero attached hydrogens (tertiary/aromatic N) is 1. The van der Waals surface area contributed by atoms with Gasteiger partial charge in [0.1, 0.15) is 12.6 Å². The van der Waals surface area contributed by atoms with Crippen LogP contribution in [0.4, 0.5) is 0 Å². The number of hydrogen-bond donors (Lipinski definition) is 0. The number of carbonyl (C=O) groups is 4. The summed E-state index contributed by atoms with van der Waals surface area (Å²) in [6.45, 7) is 1.46. The van der Waals surface area contributed by atoms with Crippen LogP contribution in [0.5, 0.6) is 0 Å². The minimum Gasteiger partial charge on any atom is -0.465 e. The van der Waals surface area contributed by atoms with E-state index < -0.39 is 18.0 Å². The summed E-state index contributed by atoms with van der Waals surface area (Å²) in [5.74, 6) is -2.23. The number of fused-ring (bicyclic) bond motifs is 1. The summed E-state index contributed by atoms with van der Waals surface area (Å²) in [7, 11) is 1.29. The second-order valence-electron chi connectivity index (χ2n) is 7.02. The Kier molecular flexibility index (Phi) is 5.58. The highest BCUT2D eigenvalue weighted by molar-refractivity contribution is 6.07. The molecule has 144 valence electrons. The van der Waals surface area contributed by atoms with Crippen LogP contribution in [0.1, 0.15) is 48.5 Å². The summed E-state index contributed by atoms with van der Waals surface area (Å²) in [4.78, 5) is 50.2. The number of carbonyl (C=O) groups excluding carboxylic acids is 4. The van der Waals surface area contributed by atoms with E-state index in [0.717, 1.165) is 17.7 Å². The van der Waals surface area contributed by atoms with Gasteiger partial charge >= 0.3 is 11.9 Å². The van der Waals surface area contributed by atoms with Crippen LogP contribution in [0.3, 0.4) is 0 Å². The minimum atomic E-state index is -0.959. The molecule has 7 heteroatoms. The lowest BCUT2D eigenvalue weighted by atomic mass is 9.81. The second-order valence-corrected chi connectivity index (χ2v) is 7.02. The van der Waals surface area contributed by atoms with Crippen molar-refractivity contribution >= 4 is 23.8 Å². The van der Waals surface area contributed by atoms with Crippen molar-refractivity contribution < 1.29 is 28.7 Å². The zero-order valence-corrected chi connectivity index (χ0v) is 15.5. The fourth-order valence-corrected chi connectivity index (χ4v) is 3.86. The van der Waals surface area contributed by atoms with E-state index in [0.29, 0.717) is 24.0 Å². The van der Waals surface area contributed by atoms with Gasteiger partial charge in [-0.2, -0.15) is 0 Å². The molecular weight excluding hydrogens is 350 g/mol. The zero-order valence-electron chi connectivity index (χ0n) is 15.5. The topological polar surface area (TPSA) is 90.0 Å². The third-order valence-corrected chi connectivity index (χ3v) is 5.33. The van der Waals surface area contributed by atoms with Crippen LogP contribution < -0.4 is 0 Å². The number of esters is 2. The lowest BCUT2D eigenvalue weighted by Gasteiger charge is -2.21. The number of imide groups is 1. The Balaban J connectivity index is 1.63. The van der Waals surface area contributed by atoms with Crippen LogP contribution in [0.2, 0.25) is 0 Å². The first-order valence-corrected chi connectivity index (χ1v) is 9.15. The Labute approximate surface area is 157 Å². The molecule has 3 atom stereocenters. The van der Waals surface area contributed by atoms with Crippen molar-refractivity contribution in [1.82, 2.24) is 4.90 Å².